The maximum Gasteiger partial charge on any atom is 0.282 e. The van der Waals surface area contributed by atoms with E-state index in [-0.39, 0.29) is 11.3 Å². The molecule has 1 amide bonds. The van der Waals surface area contributed by atoms with Gasteiger partial charge < -0.3 is 5.32 Å². The minimum absolute atomic E-state index is 0.0235. The number of nitrogens with zero attached hydrogens (tertiary/aromatic N) is 2. The molecule has 0 atom stereocenters. The fourth-order valence-electron chi connectivity index (χ4n) is 1.62. The van der Waals surface area contributed by atoms with E-state index in [9.17, 15) is 14.9 Å². The van der Waals surface area contributed by atoms with Crippen LogP contribution in [-0.2, 0) is 0 Å². The lowest BCUT2D eigenvalue weighted by molar-refractivity contribution is -0.385. The predicted octanol–water partition coefficient (Wildman–Crippen LogP) is 3.16. The van der Waals surface area contributed by atoms with Crippen molar-refractivity contribution in [1.29, 1.82) is 0 Å². The summed E-state index contributed by atoms with van der Waals surface area (Å²) in [5.74, 6) is -0.194. The molecule has 6 nitrogen and oxygen atoms in total. The molecule has 2 rings (SSSR count). The molecule has 0 aliphatic carbocycles. The lowest BCUT2D eigenvalue weighted by Crippen LogP contribution is -2.15. The molecule has 1 aromatic heterocycles. The van der Waals surface area contributed by atoms with E-state index in [4.69, 9.17) is 0 Å². The molecule has 20 heavy (non-hydrogen) atoms. The first-order valence-electron chi connectivity index (χ1n) is 5.65. The first-order chi connectivity index (χ1) is 9.47. The monoisotopic (exact) mass is 383 g/mol. The molecule has 7 heteroatoms. The highest BCUT2D eigenvalue weighted by Gasteiger charge is 2.20. The number of halogens is 1. The molecule has 2 aromatic rings. The fraction of sp³-hybridized carbons (Fsp3) is 0.0769. The first-order valence-corrected chi connectivity index (χ1v) is 6.73. The van der Waals surface area contributed by atoms with Crippen molar-refractivity contribution in [2.24, 2.45) is 0 Å². The summed E-state index contributed by atoms with van der Waals surface area (Å²) in [6.45, 7) is 1.77. The summed E-state index contributed by atoms with van der Waals surface area (Å²) >= 11 is 2.10. The van der Waals surface area contributed by atoms with Gasteiger partial charge in [0.25, 0.3) is 11.6 Å². The maximum absolute atomic E-state index is 12.1. The van der Waals surface area contributed by atoms with Gasteiger partial charge in [-0.3, -0.25) is 14.9 Å². The Morgan fingerprint density at radius 2 is 2.10 bits per heavy atom. The molecule has 0 bridgehead atoms. The van der Waals surface area contributed by atoms with E-state index >= 15 is 0 Å². The van der Waals surface area contributed by atoms with Crippen LogP contribution in [0.25, 0.3) is 0 Å². The van der Waals surface area contributed by atoms with Gasteiger partial charge in [0.05, 0.1) is 4.92 Å². The fourth-order valence-corrected chi connectivity index (χ4v) is 1.94. The van der Waals surface area contributed by atoms with E-state index in [1.807, 2.05) is 0 Å². The molecular formula is C13H10IN3O3. The van der Waals surface area contributed by atoms with Gasteiger partial charge in [-0.15, -0.1) is 0 Å². The molecule has 102 valence electrons. The molecular weight excluding hydrogens is 373 g/mol. The van der Waals surface area contributed by atoms with Crippen LogP contribution in [0.1, 0.15) is 15.9 Å². The standard InChI is InChI=1S/C13H10IN3O3/c1-8-2-4-11(17(19)20)10(6-8)13(18)16-12-5-3-9(14)7-15-12/h2-7H,1H3,(H,15,16,18). The molecule has 0 saturated heterocycles. The Morgan fingerprint density at radius 1 is 1.35 bits per heavy atom. The van der Waals surface area contributed by atoms with Crippen molar-refractivity contribution in [1.82, 2.24) is 4.98 Å². The molecule has 0 aliphatic heterocycles. The van der Waals surface area contributed by atoms with Crippen molar-refractivity contribution < 1.29 is 9.72 Å². The zero-order chi connectivity index (χ0) is 14.7. The lowest BCUT2D eigenvalue weighted by atomic mass is 10.1. The summed E-state index contributed by atoms with van der Waals surface area (Å²) < 4.78 is 0.933. The number of carbonyl (C=O) groups is 1. The van der Waals surface area contributed by atoms with Gasteiger partial charge in [-0.1, -0.05) is 6.07 Å². The van der Waals surface area contributed by atoms with Crippen molar-refractivity contribution in [2.45, 2.75) is 6.92 Å². The SMILES string of the molecule is Cc1ccc([N+](=O)[O-])c(C(=O)Nc2ccc(I)cn2)c1. The van der Waals surface area contributed by atoms with Gasteiger partial charge in [-0.05, 0) is 53.3 Å². The van der Waals surface area contributed by atoms with E-state index in [0.717, 1.165) is 9.13 Å². The maximum atomic E-state index is 12.1. The first kappa shape index (κ1) is 14.4. The van der Waals surface area contributed by atoms with Gasteiger partial charge in [0.2, 0.25) is 0 Å². The number of hydrogen-bond acceptors (Lipinski definition) is 4. The number of hydrogen-bond donors (Lipinski definition) is 1. The van der Waals surface area contributed by atoms with Crippen LogP contribution in [0, 0.1) is 20.6 Å². The summed E-state index contributed by atoms with van der Waals surface area (Å²) in [4.78, 5) is 26.5. The lowest BCUT2D eigenvalue weighted by Gasteiger charge is -2.06. The number of nitrogens with one attached hydrogen (secondary N) is 1. The quantitative estimate of drug-likeness (QED) is 0.501. The normalized spacial score (nSPS) is 10.1. The molecule has 0 fully saturated rings. The van der Waals surface area contributed by atoms with Crippen molar-refractivity contribution in [2.75, 3.05) is 5.32 Å². The van der Waals surface area contributed by atoms with Crippen molar-refractivity contribution in [3.05, 3.63) is 61.3 Å². The van der Waals surface area contributed by atoms with Crippen molar-refractivity contribution in [3.8, 4) is 0 Å². The number of aryl methyl sites for hydroxylation is 1. The minimum Gasteiger partial charge on any atom is -0.306 e. The molecule has 0 radical (unpaired) electrons. The van der Waals surface area contributed by atoms with Crippen LogP contribution >= 0.6 is 22.6 Å². The highest BCUT2D eigenvalue weighted by atomic mass is 127. The van der Waals surface area contributed by atoms with Crippen LogP contribution in [0.5, 0.6) is 0 Å². The average molecular weight is 383 g/mol. The number of rotatable bonds is 3. The van der Waals surface area contributed by atoms with Crippen LogP contribution in [0.4, 0.5) is 11.5 Å². The van der Waals surface area contributed by atoms with Gasteiger partial charge >= 0.3 is 0 Å². The Balaban J connectivity index is 2.31. The summed E-state index contributed by atoms with van der Waals surface area (Å²) in [7, 11) is 0. The van der Waals surface area contributed by atoms with E-state index in [0.29, 0.717) is 5.82 Å². The topological polar surface area (TPSA) is 85.1 Å². The Labute approximate surface area is 128 Å². The number of anilines is 1. The number of nitro benzene ring substituents is 1. The second-order valence-corrected chi connectivity index (χ2v) is 5.34. The van der Waals surface area contributed by atoms with Crippen LogP contribution in [0.2, 0.25) is 0 Å². The van der Waals surface area contributed by atoms with Gasteiger partial charge in [0, 0.05) is 15.8 Å². The van der Waals surface area contributed by atoms with Gasteiger partial charge in [-0.25, -0.2) is 4.98 Å². The predicted molar refractivity (Wildman–Crippen MR) is 82.7 cm³/mol. The Kier molecular flexibility index (Phi) is 4.28. The minimum atomic E-state index is -0.574. The summed E-state index contributed by atoms with van der Waals surface area (Å²) in [5.41, 5.74) is 0.574. The number of aromatic nitrogens is 1. The number of amides is 1. The molecule has 1 N–H and O–H groups in total. The summed E-state index contributed by atoms with van der Waals surface area (Å²) in [5, 5.41) is 13.5. The molecule has 0 aliphatic rings. The smallest absolute Gasteiger partial charge is 0.282 e. The van der Waals surface area contributed by atoms with Gasteiger partial charge in [-0.2, -0.15) is 0 Å². The van der Waals surface area contributed by atoms with E-state index < -0.39 is 10.8 Å². The van der Waals surface area contributed by atoms with Crippen molar-refractivity contribution >= 4 is 40.0 Å². The van der Waals surface area contributed by atoms with Crippen LogP contribution in [-0.4, -0.2) is 15.8 Å². The Hall–Kier alpha value is -2.03. The zero-order valence-corrected chi connectivity index (χ0v) is 12.6. The highest BCUT2D eigenvalue weighted by molar-refractivity contribution is 14.1. The average Bonchev–Trinajstić information content (AvgIpc) is 2.41. The molecule has 0 saturated carbocycles. The summed E-state index contributed by atoms with van der Waals surface area (Å²) in [6.07, 6.45) is 1.60. The van der Waals surface area contributed by atoms with Crippen LogP contribution < -0.4 is 5.32 Å². The third-order valence-corrected chi connectivity index (χ3v) is 3.20. The van der Waals surface area contributed by atoms with E-state index in [1.165, 1.54) is 12.1 Å². The molecule has 1 aromatic carbocycles. The Morgan fingerprint density at radius 3 is 2.70 bits per heavy atom. The number of carbonyl (C=O) groups excluding carboxylic acids is 1. The van der Waals surface area contributed by atoms with Crippen LogP contribution in [0.15, 0.2) is 36.5 Å². The molecule has 0 spiro atoms. The number of pyridine rings is 1. The van der Waals surface area contributed by atoms with Gasteiger partial charge in [0.15, 0.2) is 0 Å². The number of nitro groups is 1. The molecule has 0 unspecified atom stereocenters. The largest absolute Gasteiger partial charge is 0.306 e. The third-order valence-electron chi connectivity index (χ3n) is 2.56. The van der Waals surface area contributed by atoms with E-state index in [1.54, 1.807) is 31.3 Å². The Bertz CT molecular complexity index is 671. The number of benzene rings is 1. The third kappa shape index (κ3) is 3.29. The van der Waals surface area contributed by atoms with E-state index in [2.05, 4.69) is 32.9 Å². The van der Waals surface area contributed by atoms with Gasteiger partial charge in [0.1, 0.15) is 11.4 Å². The summed E-state index contributed by atoms with van der Waals surface area (Å²) in [6, 6.07) is 7.83. The van der Waals surface area contributed by atoms with Crippen LogP contribution in [0.3, 0.4) is 0 Å². The molecule has 1 heterocycles. The highest BCUT2D eigenvalue weighted by Crippen LogP contribution is 2.21. The second-order valence-electron chi connectivity index (χ2n) is 4.09. The van der Waals surface area contributed by atoms with Crippen molar-refractivity contribution in [3.63, 3.8) is 0 Å². The zero-order valence-electron chi connectivity index (χ0n) is 10.5. The second kappa shape index (κ2) is 5.95.